The Morgan fingerprint density at radius 1 is 1.08 bits per heavy atom. The van der Waals surface area contributed by atoms with Crippen molar-refractivity contribution in [2.75, 3.05) is 25.6 Å². The first-order valence-electron chi connectivity index (χ1n) is 12.7. The Bertz CT molecular complexity index is 1060. The van der Waals surface area contributed by atoms with Gasteiger partial charge in [0, 0.05) is 12.1 Å². The van der Waals surface area contributed by atoms with Crippen molar-refractivity contribution in [3.63, 3.8) is 0 Å². The summed E-state index contributed by atoms with van der Waals surface area (Å²) in [4.78, 5) is 26.9. The van der Waals surface area contributed by atoms with Crippen molar-refractivity contribution in [1.29, 1.82) is 0 Å². The fourth-order valence-electron chi connectivity index (χ4n) is 4.50. The van der Waals surface area contributed by atoms with Crippen molar-refractivity contribution >= 4 is 17.7 Å². The van der Waals surface area contributed by atoms with Crippen LogP contribution in [0, 0.1) is 12.3 Å². The number of benzene rings is 2. The molecule has 2 aromatic carbocycles. The summed E-state index contributed by atoms with van der Waals surface area (Å²) in [6.45, 7) is 5.41. The highest BCUT2D eigenvalue weighted by Crippen LogP contribution is 2.39. The SMILES string of the molecule is C#CC(=O)N1[C@@H](c2ccc(NC(=O)OCCCCC)cc2)c2ccc(OC)cc2C[C@@H]1NCCCC. The van der Waals surface area contributed by atoms with E-state index in [-0.39, 0.29) is 18.1 Å². The van der Waals surface area contributed by atoms with Crippen LogP contribution in [0.25, 0.3) is 0 Å². The molecule has 7 nitrogen and oxygen atoms in total. The molecule has 36 heavy (non-hydrogen) atoms. The van der Waals surface area contributed by atoms with E-state index in [1.807, 2.05) is 42.5 Å². The fourth-order valence-corrected chi connectivity index (χ4v) is 4.50. The fraction of sp³-hybridized carbons (Fsp3) is 0.448. The standard InChI is InChI=1S/C29H37N3O4/c1-5-8-10-18-36-29(34)31-23-13-11-21(12-14-23)28-25-16-15-24(35-4)19-22(25)20-26(30-17-9-6-2)32(28)27(33)7-3/h3,11-16,19,26,28,30H,5-6,8-10,17-18,20H2,1-2,4H3,(H,31,34)/t26-,28+/m1/s1. The van der Waals surface area contributed by atoms with E-state index in [9.17, 15) is 9.59 Å². The van der Waals surface area contributed by atoms with Crippen LogP contribution >= 0.6 is 0 Å². The van der Waals surface area contributed by atoms with Crippen LogP contribution in [-0.2, 0) is 16.0 Å². The summed E-state index contributed by atoms with van der Waals surface area (Å²) < 4.78 is 10.7. The van der Waals surface area contributed by atoms with Gasteiger partial charge in [-0.2, -0.15) is 0 Å². The Hall–Kier alpha value is -3.50. The number of amides is 2. The molecule has 2 aromatic rings. The zero-order chi connectivity index (χ0) is 25.9. The number of unbranched alkanes of at least 4 members (excludes halogenated alkanes) is 3. The van der Waals surface area contributed by atoms with E-state index in [1.165, 1.54) is 0 Å². The summed E-state index contributed by atoms with van der Waals surface area (Å²) in [5, 5.41) is 6.30. The van der Waals surface area contributed by atoms with Crippen molar-refractivity contribution in [3.05, 3.63) is 59.2 Å². The monoisotopic (exact) mass is 491 g/mol. The van der Waals surface area contributed by atoms with E-state index in [4.69, 9.17) is 15.9 Å². The second kappa shape index (κ2) is 13.6. The quantitative estimate of drug-likeness (QED) is 0.331. The zero-order valence-corrected chi connectivity index (χ0v) is 21.5. The molecule has 1 aliphatic rings. The van der Waals surface area contributed by atoms with Gasteiger partial charge in [0.25, 0.3) is 5.91 Å². The number of nitrogens with zero attached hydrogens (tertiary/aromatic N) is 1. The normalized spacial score (nSPS) is 16.6. The number of anilines is 1. The number of hydrogen-bond donors (Lipinski definition) is 2. The van der Waals surface area contributed by atoms with Crippen LogP contribution in [-0.4, -0.2) is 43.3 Å². The van der Waals surface area contributed by atoms with Crippen LogP contribution in [0.15, 0.2) is 42.5 Å². The Labute approximate surface area is 214 Å². The summed E-state index contributed by atoms with van der Waals surface area (Å²) >= 11 is 0. The number of terminal acetylenes is 1. The third kappa shape index (κ3) is 6.79. The Morgan fingerprint density at radius 3 is 2.50 bits per heavy atom. The van der Waals surface area contributed by atoms with E-state index in [0.29, 0.717) is 18.7 Å². The van der Waals surface area contributed by atoms with Crippen LogP contribution < -0.4 is 15.4 Å². The molecule has 2 atom stereocenters. The number of ether oxygens (including phenoxy) is 2. The topological polar surface area (TPSA) is 79.9 Å². The molecule has 0 saturated carbocycles. The van der Waals surface area contributed by atoms with Crippen molar-refractivity contribution in [1.82, 2.24) is 10.2 Å². The minimum absolute atomic E-state index is 0.249. The molecule has 0 unspecified atom stereocenters. The molecule has 0 bridgehead atoms. The highest BCUT2D eigenvalue weighted by Gasteiger charge is 2.38. The van der Waals surface area contributed by atoms with Crippen LogP contribution in [0.3, 0.4) is 0 Å². The maximum absolute atomic E-state index is 13.0. The summed E-state index contributed by atoms with van der Waals surface area (Å²) in [5.41, 5.74) is 3.63. The lowest BCUT2D eigenvalue weighted by atomic mass is 9.86. The van der Waals surface area contributed by atoms with Crippen molar-refractivity contribution < 1.29 is 19.1 Å². The van der Waals surface area contributed by atoms with E-state index in [1.54, 1.807) is 12.0 Å². The molecule has 2 amide bonds. The first kappa shape index (κ1) is 27.1. The van der Waals surface area contributed by atoms with Gasteiger partial charge in [0.2, 0.25) is 0 Å². The van der Waals surface area contributed by atoms with Gasteiger partial charge in [-0.25, -0.2) is 4.79 Å². The first-order valence-corrected chi connectivity index (χ1v) is 12.7. The number of hydrogen-bond acceptors (Lipinski definition) is 5. The first-order chi connectivity index (χ1) is 17.5. The Kier molecular flexibility index (Phi) is 10.2. The maximum atomic E-state index is 13.0. The Balaban J connectivity index is 1.89. The molecule has 1 aliphatic heterocycles. The van der Waals surface area contributed by atoms with Gasteiger partial charge in [-0.15, -0.1) is 6.42 Å². The maximum Gasteiger partial charge on any atom is 0.411 e. The lowest BCUT2D eigenvalue weighted by molar-refractivity contribution is -0.130. The third-order valence-corrected chi connectivity index (χ3v) is 6.39. The number of carbonyl (C=O) groups is 2. The van der Waals surface area contributed by atoms with Gasteiger partial charge in [0.05, 0.1) is 25.9 Å². The predicted octanol–water partition coefficient (Wildman–Crippen LogP) is 5.26. The molecule has 1 heterocycles. The highest BCUT2D eigenvalue weighted by molar-refractivity contribution is 5.94. The average molecular weight is 492 g/mol. The molecular formula is C29H37N3O4. The van der Waals surface area contributed by atoms with Crippen molar-refractivity contribution in [2.45, 2.75) is 64.6 Å². The third-order valence-electron chi connectivity index (χ3n) is 6.39. The highest BCUT2D eigenvalue weighted by atomic mass is 16.5. The zero-order valence-electron chi connectivity index (χ0n) is 21.5. The molecule has 0 fully saturated rings. The molecule has 2 N–H and O–H groups in total. The summed E-state index contributed by atoms with van der Waals surface area (Å²) in [7, 11) is 1.65. The van der Waals surface area contributed by atoms with Gasteiger partial charge in [-0.1, -0.05) is 51.3 Å². The van der Waals surface area contributed by atoms with Crippen molar-refractivity contribution in [3.8, 4) is 18.1 Å². The van der Waals surface area contributed by atoms with Gasteiger partial charge in [0.15, 0.2) is 0 Å². The second-order valence-corrected chi connectivity index (χ2v) is 8.94. The average Bonchev–Trinajstić information content (AvgIpc) is 2.90. The van der Waals surface area contributed by atoms with Gasteiger partial charge in [-0.3, -0.25) is 15.4 Å². The summed E-state index contributed by atoms with van der Waals surface area (Å²) in [6.07, 6.45) is 10.5. The number of methoxy groups -OCH3 is 1. The molecule has 0 aliphatic carbocycles. The lowest BCUT2D eigenvalue weighted by Crippen LogP contribution is -2.54. The van der Waals surface area contributed by atoms with Gasteiger partial charge in [-0.05, 0) is 66.3 Å². The van der Waals surface area contributed by atoms with E-state index >= 15 is 0 Å². The van der Waals surface area contributed by atoms with Crippen LogP contribution in [0.2, 0.25) is 0 Å². The molecular weight excluding hydrogens is 454 g/mol. The number of rotatable bonds is 11. The van der Waals surface area contributed by atoms with Gasteiger partial charge in [0.1, 0.15) is 5.75 Å². The van der Waals surface area contributed by atoms with Crippen LogP contribution in [0.5, 0.6) is 5.75 Å². The molecule has 0 aromatic heterocycles. The number of fused-ring (bicyclic) bond motifs is 1. The molecule has 0 spiro atoms. The minimum Gasteiger partial charge on any atom is -0.497 e. The number of carbonyl (C=O) groups excluding carboxylic acids is 2. The second-order valence-electron chi connectivity index (χ2n) is 8.94. The lowest BCUT2D eigenvalue weighted by Gasteiger charge is -2.43. The molecule has 3 rings (SSSR count). The van der Waals surface area contributed by atoms with Gasteiger partial charge >= 0.3 is 6.09 Å². The molecule has 0 saturated heterocycles. The summed E-state index contributed by atoms with van der Waals surface area (Å²) in [5.74, 6) is 2.73. The van der Waals surface area contributed by atoms with Crippen molar-refractivity contribution in [2.24, 2.45) is 0 Å². The van der Waals surface area contributed by atoms with Crippen LogP contribution in [0.1, 0.15) is 68.7 Å². The smallest absolute Gasteiger partial charge is 0.411 e. The van der Waals surface area contributed by atoms with E-state index < -0.39 is 6.09 Å². The number of nitrogens with one attached hydrogen (secondary N) is 2. The van der Waals surface area contributed by atoms with E-state index in [2.05, 4.69) is 30.4 Å². The largest absolute Gasteiger partial charge is 0.497 e. The molecule has 0 radical (unpaired) electrons. The minimum atomic E-state index is -0.474. The molecule has 192 valence electrons. The molecule has 7 heteroatoms. The van der Waals surface area contributed by atoms with Crippen LogP contribution in [0.4, 0.5) is 10.5 Å². The Morgan fingerprint density at radius 2 is 1.83 bits per heavy atom. The van der Waals surface area contributed by atoms with Gasteiger partial charge < -0.3 is 14.4 Å². The summed E-state index contributed by atoms with van der Waals surface area (Å²) in [6, 6.07) is 13.0. The predicted molar refractivity (Wildman–Crippen MR) is 142 cm³/mol. The van der Waals surface area contributed by atoms with E-state index in [0.717, 1.165) is 61.1 Å².